The molecule has 0 aromatic carbocycles. The number of hydrogen-bond donors (Lipinski definition) is 3. The van der Waals surface area contributed by atoms with E-state index in [1.165, 1.54) is 302 Å². The SMILES string of the molecule is CCCCCCCCCCCCCCC/C=C/C(O)C(CO)NC(=O)CCCCCCCCCCCCCCCCCCCCCCCCCCCOC(=O)CCCCCCCCCCCCCCCC. The average molecular weight is 1000 g/mol. The van der Waals surface area contributed by atoms with Gasteiger partial charge in [-0.1, -0.05) is 334 Å². The molecule has 0 bridgehead atoms. The highest BCUT2D eigenvalue weighted by molar-refractivity contribution is 5.76. The molecule has 0 aliphatic carbocycles. The number of nitrogens with one attached hydrogen (secondary N) is 1. The second kappa shape index (κ2) is 61.1. The summed E-state index contributed by atoms with van der Waals surface area (Å²) in [7, 11) is 0. The molecule has 1 amide bonds. The van der Waals surface area contributed by atoms with E-state index in [0.29, 0.717) is 19.4 Å². The van der Waals surface area contributed by atoms with Crippen LogP contribution in [0, 0.1) is 0 Å². The van der Waals surface area contributed by atoms with Gasteiger partial charge in [-0.25, -0.2) is 0 Å². The van der Waals surface area contributed by atoms with E-state index in [4.69, 9.17) is 4.74 Å². The van der Waals surface area contributed by atoms with Crippen molar-refractivity contribution in [2.24, 2.45) is 0 Å². The second-order valence-corrected chi connectivity index (χ2v) is 22.5. The Morgan fingerprint density at radius 3 is 0.958 bits per heavy atom. The average Bonchev–Trinajstić information content (AvgIpc) is 3.37. The van der Waals surface area contributed by atoms with Gasteiger partial charge >= 0.3 is 5.97 Å². The summed E-state index contributed by atoms with van der Waals surface area (Å²) < 4.78 is 5.49. The van der Waals surface area contributed by atoms with E-state index in [1.807, 2.05) is 6.08 Å². The van der Waals surface area contributed by atoms with Crippen LogP contribution in [0.15, 0.2) is 12.2 Å². The summed E-state index contributed by atoms with van der Waals surface area (Å²) in [6.45, 7) is 4.94. The minimum Gasteiger partial charge on any atom is -0.466 e. The zero-order chi connectivity index (χ0) is 51.4. The normalized spacial score (nSPS) is 12.6. The summed E-state index contributed by atoms with van der Waals surface area (Å²) in [4.78, 5) is 24.5. The number of hydrogen-bond acceptors (Lipinski definition) is 5. The van der Waals surface area contributed by atoms with Crippen LogP contribution in [-0.4, -0.2) is 47.4 Å². The van der Waals surface area contributed by atoms with Crippen LogP contribution in [0.4, 0.5) is 0 Å². The molecule has 0 aliphatic rings. The van der Waals surface area contributed by atoms with Crippen LogP contribution in [0.1, 0.15) is 367 Å². The lowest BCUT2D eigenvalue weighted by atomic mass is 10.0. The number of ether oxygens (including phenoxy) is 1. The van der Waals surface area contributed by atoms with E-state index < -0.39 is 12.1 Å². The fourth-order valence-corrected chi connectivity index (χ4v) is 10.3. The van der Waals surface area contributed by atoms with Crippen molar-refractivity contribution < 1.29 is 24.5 Å². The minimum absolute atomic E-state index is 0.0189. The summed E-state index contributed by atoms with van der Waals surface area (Å²) in [6, 6.07) is -0.625. The Hall–Kier alpha value is -1.40. The summed E-state index contributed by atoms with van der Waals surface area (Å²) in [6.07, 6.45) is 74.1. The molecule has 0 saturated heterocycles. The van der Waals surface area contributed by atoms with Gasteiger partial charge in [0.1, 0.15) is 0 Å². The van der Waals surface area contributed by atoms with Crippen LogP contribution in [0.25, 0.3) is 0 Å². The van der Waals surface area contributed by atoms with Crippen LogP contribution in [0.5, 0.6) is 0 Å². The Balaban J connectivity index is 3.36. The molecule has 2 unspecified atom stereocenters. The number of carbonyl (C=O) groups excluding carboxylic acids is 2. The molecular formula is C65H127NO5. The highest BCUT2D eigenvalue weighted by Crippen LogP contribution is 2.18. The lowest BCUT2D eigenvalue weighted by Crippen LogP contribution is -2.45. The van der Waals surface area contributed by atoms with E-state index in [2.05, 4.69) is 19.2 Å². The number of unbranched alkanes of at least 4 members (excludes halogenated alkanes) is 50. The quantitative estimate of drug-likeness (QED) is 0.0320. The Kier molecular flexibility index (Phi) is 59.9. The molecule has 0 aromatic heterocycles. The number of carbonyl (C=O) groups is 2. The zero-order valence-electron chi connectivity index (χ0n) is 48.2. The summed E-state index contributed by atoms with van der Waals surface area (Å²) in [5.74, 6) is -0.0448. The van der Waals surface area contributed by atoms with Crippen molar-refractivity contribution in [1.82, 2.24) is 5.32 Å². The smallest absolute Gasteiger partial charge is 0.305 e. The molecule has 0 aromatic rings. The highest BCUT2D eigenvalue weighted by atomic mass is 16.5. The number of rotatable bonds is 61. The van der Waals surface area contributed by atoms with Crippen molar-refractivity contribution in [2.75, 3.05) is 13.2 Å². The standard InChI is InChI=1S/C65H127NO5/c1-3-5-7-9-11-13-15-17-30-33-37-41-45-49-53-57-63(68)62(61-67)66-64(69)58-54-50-46-42-38-34-31-28-26-24-22-20-19-21-23-25-27-29-32-36-40-44-48-52-56-60-71-65(70)59-55-51-47-43-39-35-18-16-14-12-10-8-6-4-2/h53,57,62-63,67-68H,3-52,54-56,58-61H2,1-2H3,(H,66,69)/b57-53+. The van der Waals surface area contributed by atoms with E-state index >= 15 is 0 Å². The molecule has 422 valence electrons. The van der Waals surface area contributed by atoms with Crippen molar-refractivity contribution in [3.05, 3.63) is 12.2 Å². The van der Waals surface area contributed by atoms with Gasteiger partial charge in [0.2, 0.25) is 5.91 Å². The molecule has 0 aliphatic heterocycles. The lowest BCUT2D eigenvalue weighted by Gasteiger charge is -2.20. The first-order chi connectivity index (χ1) is 35.0. The predicted octanol–water partition coefficient (Wildman–Crippen LogP) is 20.4. The van der Waals surface area contributed by atoms with Crippen molar-refractivity contribution in [3.8, 4) is 0 Å². The Labute approximate surface area is 444 Å². The Bertz CT molecular complexity index is 1060. The predicted molar refractivity (Wildman–Crippen MR) is 310 cm³/mol. The summed E-state index contributed by atoms with van der Waals surface area (Å²) >= 11 is 0. The first-order valence-corrected chi connectivity index (χ1v) is 32.5. The van der Waals surface area contributed by atoms with E-state index in [-0.39, 0.29) is 18.5 Å². The molecule has 71 heavy (non-hydrogen) atoms. The Morgan fingerprint density at radius 2 is 0.648 bits per heavy atom. The molecule has 0 radical (unpaired) electrons. The Morgan fingerprint density at radius 1 is 0.380 bits per heavy atom. The van der Waals surface area contributed by atoms with Crippen molar-refractivity contribution in [3.63, 3.8) is 0 Å². The minimum atomic E-state index is -0.842. The van der Waals surface area contributed by atoms with Gasteiger partial charge in [0.05, 0.1) is 25.4 Å². The third-order valence-corrected chi connectivity index (χ3v) is 15.3. The van der Waals surface area contributed by atoms with Crippen molar-refractivity contribution in [2.45, 2.75) is 379 Å². The first-order valence-electron chi connectivity index (χ1n) is 32.5. The van der Waals surface area contributed by atoms with Gasteiger partial charge in [0, 0.05) is 12.8 Å². The van der Waals surface area contributed by atoms with Crippen molar-refractivity contribution in [1.29, 1.82) is 0 Å². The zero-order valence-corrected chi connectivity index (χ0v) is 48.2. The van der Waals surface area contributed by atoms with Crippen LogP contribution in [0.2, 0.25) is 0 Å². The number of aliphatic hydroxyl groups is 2. The lowest BCUT2D eigenvalue weighted by molar-refractivity contribution is -0.143. The van der Waals surface area contributed by atoms with Gasteiger partial charge in [-0.05, 0) is 32.1 Å². The molecule has 3 N–H and O–H groups in total. The summed E-state index contributed by atoms with van der Waals surface area (Å²) in [5.41, 5.74) is 0. The maximum absolute atomic E-state index is 12.5. The number of allylic oxidation sites excluding steroid dienone is 1. The second-order valence-electron chi connectivity index (χ2n) is 22.5. The number of esters is 1. The first kappa shape index (κ1) is 69.6. The van der Waals surface area contributed by atoms with Gasteiger partial charge in [0.15, 0.2) is 0 Å². The molecule has 0 heterocycles. The maximum Gasteiger partial charge on any atom is 0.305 e. The molecule has 0 rings (SSSR count). The fraction of sp³-hybridized carbons (Fsp3) is 0.938. The van der Waals surface area contributed by atoms with Crippen LogP contribution < -0.4 is 5.32 Å². The fourth-order valence-electron chi connectivity index (χ4n) is 10.3. The van der Waals surface area contributed by atoms with E-state index in [0.717, 1.165) is 38.5 Å². The topological polar surface area (TPSA) is 95.9 Å². The van der Waals surface area contributed by atoms with Gasteiger partial charge in [-0.2, -0.15) is 0 Å². The molecule has 2 atom stereocenters. The number of amides is 1. The van der Waals surface area contributed by atoms with E-state index in [1.54, 1.807) is 6.08 Å². The molecular weight excluding hydrogens is 875 g/mol. The third-order valence-electron chi connectivity index (χ3n) is 15.3. The number of aliphatic hydroxyl groups excluding tert-OH is 2. The van der Waals surface area contributed by atoms with Crippen molar-refractivity contribution >= 4 is 11.9 Å². The maximum atomic E-state index is 12.5. The van der Waals surface area contributed by atoms with Gasteiger partial charge < -0.3 is 20.3 Å². The van der Waals surface area contributed by atoms with E-state index in [9.17, 15) is 19.8 Å². The van der Waals surface area contributed by atoms with Gasteiger partial charge in [-0.3, -0.25) is 9.59 Å². The molecule has 6 heteroatoms. The van der Waals surface area contributed by atoms with Crippen LogP contribution >= 0.6 is 0 Å². The summed E-state index contributed by atoms with van der Waals surface area (Å²) in [5, 5.41) is 23.1. The monoisotopic (exact) mass is 1000 g/mol. The van der Waals surface area contributed by atoms with Crippen LogP contribution in [-0.2, 0) is 14.3 Å². The highest BCUT2D eigenvalue weighted by Gasteiger charge is 2.18. The molecule has 0 fully saturated rings. The van der Waals surface area contributed by atoms with Gasteiger partial charge in [0.25, 0.3) is 0 Å². The van der Waals surface area contributed by atoms with Gasteiger partial charge in [-0.15, -0.1) is 0 Å². The third kappa shape index (κ3) is 57.7. The van der Waals surface area contributed by atoms with Crippen LogP contribution in [0.3, 0.4) is 0 Å². The molecule has 0 saturated carbocycles. The largest absolute Gasteiger partial charge is 0.466 e. The molecule has 0 spiro atoms. The molecule has 6 nitrogen and oxygen atoms in total.